The first kappa shape index (κ1) is 14.8. The number of rotatable bonds is 4. The lowest BCUT2D eigenvalue weighted by Gasteiger charge is -2.06. The third-order valence-corrected chi connectivity index (χ3v) is 3.92. The van der Waals surface area contributed by atoms with Crippen LogP contribution < -0.4 is 5.32 Å². The minimum absolute atomic E-state index is 0.0451. The second-order valence-electron chi connectivity index (χ2n) is 4.10. The minimum atomic E-state index is -0.330. The summed E-state index contributed by atoms with van der Waals surface area (Å²) in [4.78, 5) is 23.8. The molecule has 0 heterocycles. The van der Waals surface area contributed by atoms with E-state index in [1.54, 1.807) is 42.5 Å². The van der Waals surface area contributed by atoms with Crippen LogP contribution in [0.3, 0.4) is 0 Å². The number of hydrogen-bond donors (Lipinski definition) is 1. The van der Waals surface area contributed by atoms with Crippen LogP contribution in [0.25, 0.3) is 0 Å². The Hall–Kier alpha value is -1.65. The highest BCUT2D eigenvalue weighted by atomic mass is 79.9. The zero-order valence-corrected chi connectivity index (χ0v) is 12.7. The van der Waals surface area contributed by atoms with Crippen LogP contribution in [0, 0.1) is 0 Å². The standard InChI is InChI=1S/C15H11BrClNO2/c16-12-7-6-11(8-13(12)17)15(20)18-9-14(19)10-4-2-1-3-5-10/h1-8H,9H2,(H,18,20). The highest BCUT2D eigenvalue weighted by molar-refractivity contribution is 9.10. The second-order valence-corrected chi connectivity index (χ2v) is 5.36. The van der Waals surface area contributed by atoms with Crippen molar-refractivity contribution < 1.29 is 9.59 Å². The van der Waals surface area contributed by atoms with Crippen molar-refractivity contribution in [3.05, 3.63) is 69.2 Å². The van der Waals surface area contributed by atoms with Gasteiger partial charge in [0.15, 0.2) is 5.78 Å². The third-order valence-electron chi connectivity index (χ3n) is 2.69. The molecule has 20 heavy (non-hydrogen) atoms. The maximum absolute atomic E-state index is 11.9. The van der Waals surface area contributed by atoms with Gasteiger partial charge in [0.1, 0.15) is 0 Å². The lowest BCUT2D eigenvalue weighted by molar-refractivity contribution is 0.0904. The van der Waals surface area contributed by atoms with Crippen LogP contribution in [0.2, 0.25) is 5.02 Å². The molecule has 0 aliphatic rings. The van der Waals surface area contributed by atoms with Crippen molar-refractivity contribution in [2.75, 3.05) is 6.54 Å². The number of nitrogens with one attached hydrogen (secondary N) is 1. The molecule has 0 radical (unpaired) electrons. The van der Waals surface area contributed by atoms with E-state index in [1.165, 1.54) is 0 Å². The van der Waals surface area contributed by atoms with Crippen molar-refractivity contribution in [1.29, 1.82) is 0 Å². The van der Waals surface area contributed by atoms with Gasteiger partial charge in [0.25, 0.3) is 5.91 Å². The van der Waals surface area contributed by atoms with Gasteiger partial charge in [-0.25, -0.2) is 0 Å². The van der Waals surface area contributed by atoms with E-state index in [2.05, 4.69) is 21.2 Å². The Labute approximate surface area is 130 Å². The molecule has 0 aromatic heterocycles. The SMILES string of the molecule is O=C(CNC(=O)c1ccc(Br)c(Cl)c1)c1ccccc1. The van der Waals surface area contributed by atoms with Crippen LogP contribution >= 0.6 is 27.5 Å². The van der Waals surface area contributed by atoms with Crippen molar-refractivity contribution in [1.82, 2.24) is 5.32 Å². The van der Waals surface area contributed by atoms with Gasteiger partial charge in [-0.2, -0.15) is 0 Å². The Kier molecular flexibility index (Phi) is 4.93. The van der Waals surface area contributed by atoms with E-state index < -0.39 is 0 Å². The molecule has 0 spiro atoms. The van der Waals surface area contributed by atoms with E-state index >= 15 is 0 Å². The van der Waals surface area contributed by atoms with Gasteiger partial charge in [-0.05, 0) is 34.1 Å². The molecular weight excluding hydrogens is 342 g/mol. The molecule has 0 atom stereocenters. The van der Waals surface area contributed by atoms with Crippen LogP contribution in [0.1, 0.15) is 20.7 Å². The summed E-state index contributed by atoms with van der Waals surface area (Å²) in [5, 5.41) is 3.03. The van der Waals surface area contributed by atoms with Gasteiger partial charge in [0, 0.05) is 15.6 Å². The molecule has 1 amide bonds. The van der Waals surface area contributed by atoms with Crippen molar-refractivity contribution in [2.45, 2.75) is 0 Å². The van der Waals surface area contributed by atoms with Gasteiger partial charge >= 0.3 is 0 Å². The van der Waals surface area contributed by atoms with E-state index in [9.17, 15) is 9.59 Å². The van der Waals surface area contributed by atoms with Gasteiger partial charge < -0.3 is 5.32 Å². The average molecular weight is 353 g/mol. The molecule has 2 aromatic rings. The van der Waals surface area contributed by atoms with E-state index in [4.69, 9.17) is 11.6 Å². The Bertz CT molecular complexity index is 644. The first-order chi connectivity index (χ1) is 9.58. The van der Waals surface area contributed by atoms with Gasteiger partial charge in [0.05, 0.1) is 11.6 Å². The molecule has 0 saturated heterocycles. The van der Waals surface area contributed by atoms with Crippen LogP contribution in [0.15, 0.2) is 53.0 Å². The Morgan fingerprint density at radius 2 is 1.75 bits per heavy atom. The predicted octanol–water partition coefficient (Wildman–Crippen LogP) is 3.72. The molecule has 1 N–H and O–H groups in total. The highest BCUT2D eigenvalue weighted by Crippen LogP contribution is 2.23. The molecule has 5 heteroatoms. The molecule has 0 fully saturated rings. The summed E-state index contributed by atoms with van der Waals surface area (Å²) in [6.07, 6.45) is 0. The lowest BCUT2D eigenvalue weighted by atomic mass is 10.1. The van der Waals surface area contributed by atoms with Gasteiger partial charge in [-0.1, -0.05) is 41.9 Å². The summed E-state index contributed by atoms with van der Waals surface area (Å²) in [5.41, 5.74) is 0.987. The first-order valence-corrected chi connectivity index (χ1v) is 7.06. The molecule has 0 saturated carbocycles. The molecule has 102 valence electrons. The lowest BCUT2D eigenvalue weighted by Crippen LogP contribution is -2.29. The van der Waals surface area contributed by atoms with Crippen molar-refractivity contribution >= 4 is 39.2 Å². The predicted molar refractivity (Wildman–Crippen MR) is 82.3 cm³/mol. The average Bonchev–Trinajstić information content (AvgIpc) is 2.48. The van der Waals surface area contributed by atoms with E-state index in [0.29, 0.717) is 16.1 Å². The van der Waals surface area contributed by atoms with Crippen LogP contribution in [-0.2, 0) is 0 Å². The molecule has 2 aromatic carbocycles. The maximum Gasteiger partial charge on any atom is 0.251 e. The summed E-state index contributed by atoms with van der Waals surface area (Å²) in [6, 6.07) is 13.7. The smallest absolute Gasteiger partial charge is 0.251 e. The largest absolute Gasteiger partial charge is 0.345 e. The quantitative estimate of drug-likeness (QED) is 0.853. The first-order valence-electron chi connectivity index (χ1n) is 5.89. The third kappa shape index (κ3) is 3.68. The second kappa shape index (κ2) is 6.68. The fraction of sp³-hybridized carbons (Fsp3) is 0.0667. The number of carbonyl (C=O) groups excluding carboxylic acids is 2. The fourth-order valence-corrected chi connectivity index (χ4v) is 2.05. The summed E-state index contributed by atoms with van der Waals surface area (Å²) < 4.78 is 0.719. The van der Waals surface area contributed by atoms with Crippen LogP contribution in [0.4, 0.5) is 0 Å². The Morgan fingerprint density at radius 1 is 1.05 bits per heavy atom. The van der Waals surface area contributed by atoms with Crippen molar-refractivity contribution in [2.24, 2.45) is 0 Å². The molecule has 0 aliphatic heterocycles. The van der Waals surface area contributed by atoms with Crippen LogP contribution in [0.5, 0.6) is 0 Å². The number of hydrogen-bond acceptors (Lipinski definition) is 2. The monoisotopic (exact) mass is 351 g/mol. The molecular formula is C15H11BrClNO2. The van der Waals surface area contributed by atoms with Gasteiger partial charge in [0.2, 0.25) is 0 Å². The normalized spacial score (nSPS) is 10.1. The number of Topliss-reactive ketones (excluding diaryl/α,β-unsaturated/α-hetero) is 1. The number of carbonyl (C=O) groups is 2. The zero-order chi connectivity index (χ0) is 14.5. The Balaban J connectivity index is 1.98. The number of amides is 1. The van der Waals surface area contributed by atoms with Crippen molar-refractivity contribution in [3.63, 3.8) is 0 Å². The molecule has 0 bridgehead atoms. The molecule has 0 aliphatic carbocycles. The summed E-state index contributed by atoms with van der Waals surface area (Å²) >= 11 is 9.18. The van der Waals surface area contributed by atoms with E-state index in [1.807, 2.05) is 6.07 Å². The van der Waals surface area contributed by atoms with Gasteiger partial charge in [-0.3, -0.25) is 9.59 Å². The van der Waals surface area contributed by atoms with Crippen molar-refractivity contribution in [3.8, 4) is 0 Å². The molecule has 2 rings (SSSR count). The zero-order valence-electron chi connectivity index (χ0n) is 10.4. The van der Waals surface area contributed by atoms with E-state index in [-0.39, 0.29) is 18.2 Å². The summed E-state index contributed by atoms with van der Waals surface area (Å²) in [5.74, 6) is -0.467. The molecule has 0 unspecified atom stereocenters. The number of halogens is 2. The van der Waals surface area contributed by atoms with E-state index in [0.717, 1.165) is 4.47 Å². The minimum Gasteiger partial charge on any atom is -0.345 e. The number of ketones is 1. The highest BCUT2D eigenvalue weighted by Gasteiger charge is 2.10. The molecule has 3 nitrogen and oxygen atoms in total. The summed E-state index contributed by atoms with van der Waals surface area (Å²) in [7, 11) is 0. The maximum atomic E-state index is 11.9. The Morgan fingerprint density at radius 3 is 2.40 bits per heavy atom. The topological polar surface area (TPSA) is 46.2 Å². The number of benzene rings is 2. The van der Waals surface area contributed by atoms with Crippen LogP contribution in [-0.4, -0.2) is 18.2 Å². The fourth-order valence-electron chi connectivity index (χ4n) is 1.63. The van der Waals surface area contributed by atoms with Gasteiger partial charge in [-0.15, -0.1) is 0 Å². The summed E-state index contributed by atoms with van der Waals surface area (Å²) in [6.45, 7) is -0.0451.